The van der Waals surface area contributed by atoms with Gasteiger partial charge in [-0.2, -0.15) is 8.78 Å². The molecule has 0 bridgehead atoms. The van der Waals surface area contributed by atoms with Crippen molar-refractivity contribution in [3.8, 4) is 0 Å². The molecule has 0 aliphatic rings. The molecular weight excluding hydrogens is 306 g/mol. The Morgan fingerprint density at radius 2 is 2.06 bits per heavy atom. The fourth-order valence-electron chi connectivity index (χ4n) is 1.01. The first-order valence-electron chi connectivity index (χ1n) is 4.52. The maximum Gasteiger partial charge on any atom is 0.324 e. The SMILES string of the molecule is O=C(NCC(F)(F)C(F)F)c1cccc(Br)c1. The van der Waals surface area contributed by atoms with Gasteiger partial charge in [0.1, 0.15) is 0 Å². The van der Waals surface area contributed by atoms with E-state index < -0.39 is 24.8 Å². The molecule has 17 heavy (non-hydrogen) atoms. The maximum absolute atomic E-state index is 12.5. The lowest BCUT2D eigenvalue weighted by atomic mass is 10.2. The monoisotopic (exact) mass is 313 g/mol. The van der Waals surface area contributed by atoms with Crippen molar-refractivity contribution in [1.29, 1.82) is 0 Å². The number of alkyl halides is 4. The number of hydrogen-bond donors (Lipinski definition) is 1. The molecule has 0 aliphatic heterocycles. The van der Waals surface area contributed by atoms with E-state index in [1.165, 1.54) is 18.2 Å². The Morgan fingerprint density at radius 1 is 1.41 bits per heavy atom. The van der Waals surface area contributed by atoms with Crippen LogP contribution in [0.1, 0.15) is 10.4 Å². The molecule has 1 aromatic rings. The van der Waals surface area contributed by atoms with Crippen molar-refractivity contribution < 1.29 is 22.4 Å². The predicted octanol–water partition coefficient (Wildman–Crippen LogP) is 3.08. The Kier molecular flexibility index (Phi) is 4.50. The topological polar surface area (TPSA) is 29.1 Å². The molecule has 0 saturated heterocycles. The van der Waals surface area contributed by atoms with E-state index in [-0.39, 0.29) is 5.56 Å². The predicted molar refractivity (Wildman–Crippen MR) is 57.4 cm³/mol. The molecule has 0 atom stereocenters. The van der Waals surface area contributed by atoms with Crippen LogP contribution in [0.15, 0.2) is 28.7 Å². The summed E-state index contributed by atoms with van der Waals surface area (Å²) in [5.74, 6) is -5.05. The highest BCUT2D eigenvalue weighted by Crippen LogP contribution is 2.21. The second kappa shape index (κ2) is 5.48. The molecule has 2 nitrogen and oxygen atoms in total. The van der Waals surface area contributed by atoms with Gasteiger partial charge in [0, 0.05) is 10.0 Å². The summed E-state index contributed by atoms with van der Waals surface area (Å²) in [6.07, 6.45) is -3.80. The molecule has 0 fully saturated rings. The highest BCUT2D eigenvalue weighted by molar-refractivity contribution is 9.10. The number of carbonyl (C=O) groups excluding carboxylic acids is 1. The van der Waals surface area contributed by atoms with Crippen LogP contribution in [0.3, 0.4) is 0 Å². The molecule has 94 valence electrons. The van der Waals surface area contributed by atoms with Crippen molar-refractivity contribution >= 4 is 21.8 Å². The summed E-state index contributed by atoms with van der Waals surface area (Å²) < 4.78 is 49.3. The van der Waals surface area contributed by atoms with Crippen LogP contribution in [0.2, 0.25) is 0 Å². The summed E-state index contributed by atoms with van der Waals surface area (Å²) in [6, 6.07) is 5.96. The first kappa shape index (κ1) is 14.0. The lowest BCUT2D eigenvalue weighted by molar-refractivity contribution is -0.123. The average Bonchev–Trinajstić information content (AvgIpc) is 2.25. The zero-order valence-electron chi connectivity index (χ0n) is 8.39. The fourth-order valence-corrected chi connectivity index (χ4v) is 1.41. The van der Waals surface area contributed by atoms with Gasteiger partial charge in [0.05, 0.1) is 6.54 Å². The van der Waals surface area contributed by atoms with Crippen molar-refractivity contribution in [3.63, 3.8) is 0 Å². The van der Waals surface area contributed by atoms with Gasteiger partial charge in [0.2, 0.25) is 0 Å². The summed E-state index contributed by atoms with van der Waals surface area (Å²) >= 11 is 3.10. The first-order valence-corrected chi connectivity index (χ1v) is 5.32. The van der Waals surface area contributed by atoms with Crippen LogP contribution >= 0.6 is 15.9 Å². The Bertz CT molecular complexity index is 411. The minimum atomic E-state index is -4.22. The van der Waals surface area contributed by atoms with Gasteiger partial charge in [-0.25, -0.2) is 8.78 Å². The van der Waals surface area contributed by atoms with Crippen molar-refractivity contribution in [1.82, 2.24) is 5.32 Å². The van der Waals surface area contributed by atoms with Crippen molar-refractivity contribution in [3.05, 3.63) is 34.3 Å². The number of benzene rings is 1. The Balaban J connectivity index is 2.62. The van der Waals surface area contributed by atoms with Crippen LogP contribution in [0, 0.1) is 0 Å². The van der Waals surface area contributed by atoms with Crippen molar-refractivity contribution in [2.75, 3.05) is 6.54 Å². The average molecular weight is 314 g/mol. The molecular formula is C10H8BrF4NO. The molecule has 1 amide bonds. The molecule has 0 aromatic heterocycles. The van der Waals surface area contributed by atoms with Gasteiger partial charge in [-0.05, 0) is 18.2 Å². The van der Waals surface area contributed by atoms with Gasteiger partial charge in [-0.15, -0.1) is 0 Å². The lowest BCUT2D eigenvalue weighted by Crippen LogP contribution is -2.41. The van der Waals surface area contributed by atoms with Gasteiger partial charge < -0.3 is 5.32 Å². The second-order valence-corrected chi connectivity index (χ2v) is 4.17. The van der Waals surface area contributed by atoms with Gasteiger partial charge in [-0.3, -0.25) is 4.79 Å². The molecule has 0 unspecified atom stereocenters. The van der Waals surface area contributed by atoms with Gasteiger partial charge in [-0.1, -0.05) is 22.0 Å². The number of rotatable bonds is 4. The Morgan fingerprint density at radius 3 is 2.59 bits per heavy atom. The molecule has 0 spiro atoms. The number of amides is 1. The number of carbonyl (C=O) groups is 1. The van der Waals surface area contributed by atoms with Gasteiger partial charge in [0.15, 0.2) is 0 Å². The Hall–Kier alpha value is -1.11. The number of hydrogen-bond acceptors (Lipinski definition) is 1. The minimum Gasteiger partial charge on any atom is -0.346 e. The van der Waals surface area contributed by atoms with Crippen LogP contribution in [-0.4, -0.2) is 24.8 Å². The van der Waals surface area contributed by atoms with Gasteiger partial charge in [0.25, 0.3) is 5.91 Å². The smallest absolute Gasteiger partial charge is 0.324 e. The normalized spacial score (nSPS) is 11.6. The van der Waals surface area contributed by atoms with Crippen LogP contribution in [0.4, 0.5) is 17.6 Å². The van der Waals surface area contributed by atoms with E-state index >= 15 is 0 Å². The van der Waals surface area contributed by atoms with Crippen LogP contribution in [-0.2, 0) is 0 Å². The van der Waals surface area contributed by atoms with E-state index in [1.54, 1.807) is 11.4 Å². The van der Waals surface area contributed by atoms with Crippen LogP contribution in [0.25, 0.3) is 0 Å². The number of halogens is 5. The molecule has 1 N–H and O–H groups in total. The highest BCUT2D eigenvalue weighted by atomic mass is 79.9. The van der Waals surface area contributed by atoms with E-state index in [9.17, 15) is 22.4 Å². The molecule has 1 rings (SSSR count). The summed E-state index contributed by atoms with van der Waals surface area (Å²) in [4.78, 5) is 11.4. The van der Waals surface area contributed by atoms with Gasteiger partial charge >= 0.3 is 12.3 Å². The van der Waals surface area contributed by atoms with Crippen molar-refractivity contribution in [2.45, 2.75) is 12.3 Å². The minimum absolute atomic E-state index is 0.115. The lowest BCUT2D eigenvalue weighted by Gasteiger charge is -2.15. The third-order valence-corrected chi connectivity index (χ3v) is 2.38. The second-order valence-electron chi connectivity index (χ2n) is 3.25. The molecule has 7 heteroatoms. The zero-order chi connectivity index (χ0) is 13.1. The molecule has 0 heterocycles. The van der Waals surface area contributed by atoms with E-state index in [1.807, 2.05) is 0 Å². The summed E-state index contributed by atoms with van der Waals surface area (Å²) in [7, 11) is 0. The van der Waals surface area contributed by atoms with Crippen LogP contribution < -0.4 is 5.32 Å². The quantitative estimate of drug-likeness (QED) is 0.850. The number of nitrogens with one attached hydrogen (secondary N) is 1. The largest absolute Gasteiger partial charge is 0.346 e. The zero-order valence-corrected chi connectivity index (χ0v) is 9.98. The third-order valence-electron chi connectivity index (χ3n) is 1.89. The molecule has 0 saturated carbocycles. The Labute approximate surface area is 103 Å². The third kappa shape index (κ3) is 3.99. The van der Waals surface area contributed by atoms with Crippen LogP contribution in [0.5, 0.6) is 0 Å². The standard InChI is InChI=1S/C10H8BrF4NO/c11-7-3-1-2-6(4-7)8(17)16-5-10(14,15)9(12)13/h1-4,9H,5H2,(H,16,17). The van der Waals surface area contributed by atoms with E-state index in [2.05, 4.69) is 15.9 Å². The van der Waals surface area contributed by atoms with Crippen molar-refractivity contribution in [2.24, 2.45) is 0 Å². The van der Waals surface area contributed by atoms with E-state index in [0.29, 0.717) is 4.47 Å². The maximum atomic E-state index is 12.5. The fraction of sp³-hybridized carbons (Fsp3) is 0.300. The summed E-state index contributed by atoms with van der Waals surface area (Å²) in [6.45, 7) is -1.39. The first-order chi connectivity index (χ1) is 7.83. The summed E-state index contributed by atoms with van der Waals surface area (Å²) in [5, 5.41) is 1.76. The molecule has 0 aliphatic carbocycles. The van der Waals surface area contributed by atoms with E-state index in [4.69, 9.17) is 0 Å². The molecule has 1 aromatic carbocycles. The summed E-state index contributed by atoms with van der Waals surface area (Å²) in [5.41, 5.74) is 0.115. The van der Waals surface area contributed by atoms with E-state index in [0.717, 1.165) is 0 Å². The highest BCUT2D eigenvalue weighted by Gasteiger charge is 2.40. The molecule has 0 radical (unpaired) electrons.